The molecule has 2 aliphatic rings. The number of halogens is 1. The fraction of sp³-hybridized carbons (Fsp3) is 0.538. The summed E-state index contributed by atoms with van der Waals surface area (Å²) in [5, 5.41) is 20.7. The molecule has 1 saturated carbocycles. The molecule has 1 aromatic rings. The van der Waals surface area contributed by atoms with Crippen molar-refractivity contribution in [3.05, 3.63) is 27.8 Å². The summed E-state index contributed by atoms with van der Waals surface area (Å²) in [5.41, 5.74) is 2.28. The third-order valence-electron chi connectivity index (χ3n) is 3.77. The van der Waals surface area contributed by atoms with Crippen molar-refractivity contribution in [2.45, 2.75) is 44.1 Å². The van der Waals surface area contributed by atoms with Crippen LogP contribution in [0.3, 0.4) is 0 Å². The van der Waals surface area contributed by atoms with Gasteiger partial charge < -0.3 is 10.2 Å². The highest BCUT2D eigenvalue weighted by Gasteiger charge is 2.46. The molecule has 0 spiro atoms. The lowest BCUT2D eigenvalue weighted by Crippen LogP contribution is -2.14. The van der Waals surface area contributed by atoms with Crippen molar-refractivity contribution in [1.82, 2.24) is 0 Å². The molecule has 3 rings (SSSR count). The molecule has 0 aromatic heterocycles. The van der Waals surface area contributed by atoms with Crippen LogP contribution in [0.15, 0.2) is 6.07 Å². The van der Waals surface area contributed by atoms with Gasteiger partial charge in [0.1, 0.15) is 5.75 Å². The van der Waals surface area contributed by atoms with Gasteiger partial charge in [0, 0.05) is 5.56 Å². The first-order valence-corrected chi connectivity index (χ1v) is 6.26. The number of hydrogen-bond acceptors (Lipinski definition) is 2. The van der Waals surface area contributed by atoms with E-state index in [1.165, 1.54) is 12.0 Å². The van der Waals surface area contributed by atoms with Gasteiger partial charge in [-0.05, 0) is 55.7 Å². The summed E-state index contributed by atoms with van der Waals surface area (Å²) in [4.78, 5) is 0. The summed E-state index contributed by atoms with van der Waals surface area (Å²) in [6.07, 6.45) is 5.76. The Morgan fingerprint density at radius 3 is 2.56 bits per heavy atom. The van der Waals surface area contributed by atoms with Gasteiger partial charge in [-0.1, -0.05) is 11.6 Å². The van der Waals surface area contributed by atoms with Gasteiger partial charge >= 0.3 is 0 Å². The van der Waals surface area contributed by atoms with Gasteiger partial charge in [0.2, 0.25) is 0 Å². The lowest BCUT2D eigenvalue weighted by Gasteiger charge is -2.24. The summed E-state index contributed by atoms with van der Waals surface area (Å²) >= 11 is 6.02. The molecule has 0 unspecified atom stereocenters. The van der Waals surface area contributed by atoms with Gasteiger partial charge in [0.15, 0.2) is 0 Å². The zero-order valence-electron chi connectivity index (χ0n) is 9.09. The average molecular weight is 239 g/mol. The summed E-state index contributed by atoms with van der Waals surface area (Å²) in [7, 11) is 0. The lowest BCUT2D eigenvalue weighted by molar-refractivity contribution is 0.146. The van der Waals surface area contributed by atoms with E-state index in [0.717, 1.165) is 43.2 Å². The highest BCUT2D eigenvalue weighted by molar-refractivity contribution is 6.32. The first kappa shape index (κ1) is 10.4. The van der Waals surface area contributed by atoms with Crippen LogP contribution >= 0.6 is 11.6 Å². The quantitative estimate of drug-likeness (QED) is 0.790. The van der Waals surface area contributed by atoms with E-state index in [1.54, 1.807) is 0 Å². The fourth-order valence-electron chi connectivity index (χ4n) is 2.73. The number of phenols is 1. The second-order valence-electron chi connectivity index (χ2n) is 4.96. The van der Waals surface area contributed by atoms with E-state index in [-0.39, 0.29) is 5.75 Å². The largest absolute Gasteiger partial charge is 0.506 e. The van der Waals surface area contributed by atoms with E-state index in [9.17, 15) is 10.2 Å². The van der Waals surface area contributed by atoms with Crippen molar-refractivity contribution in [3.63, 3.8) is 0 Å². The predicted molar refractivity (Wildman–Crippen MR) is 62.9 cm³/mol. The minimum atomic E-state index is -0.795. The maximum atomic E-state index is 10.2. The molecule has 0 bridgehead atoms. The van der Waals surface area contributed by atoms with Crippen LogP contribution in [0.5, 0.6) is 5.75 Å². The van der Waals surface area contributed by atoms with Gasteiger partial charge in [-0.2, -0.15) is 0 Å². The van der Waals surface area contributed by atoms with Gasteiger partial charge in [-0.25, -0.2) is 0 Å². The molecular formula is C13H15ClO2. The second-order valence-corrected chi connectivity index (χ2v) is 5.37. The number of aryl methyl sites for hydroxylation is 1. The third-order valence-corrected chi connectivity index (χ3v) is 4.05. The molecular weight excluding hydrogens is 224 g/mol. The smallest absolute Gasteiger partial charge is 0.140 e. The summed E-state index contributed by atoms with van der Waals surface area (Å²) in [6, 6.07) is 1.86. The van der Waals surface area contributed by atoms with E-state index < -0.39 is 5.60 Å². The fourth-order valence-corrected chi connectivity index (χ4v) is 2.95. The number of aromatic hydroxyl groups is 1. The van der Waals surface area contributed by atoms with Crippen LogP contribution < -0.4 is 0 Å². The molecule has 3 heteroatoms. The van der Waals surface area contributed by atoms with Gasteiger partial charge in [-0.3, -0.25) is 0 Å². The number of hydrogen-bond donors (Lipinski definition) is 2. The van der Waals surface area contributed by atoms with Crippen molar-refractivity contribution in [2.24, 2.45) is 0 Å². The minimum Gasteiger partial charge on any atom is -0.506 e. The number of fused-ring (bicyclic) bond motifs is 1. The molecule has 16 heavy (non-hydrogen) atoms. The first-order chi connectivity index (χ1) is 7.62. The van der Waals surface area contributed by atoms with Crippen molar-refractivity contribution in [2.75, 3.05) is 0 Å². The van der Waals surface area contributed by atoms with Crippen molar-refractivity contribution < 1.29 is 10.2 Å². The highest BCUT2D eigenvalue weighted by Crippen LogP contribution is 2.53. The van der Waals surface area contributed by atoms with E-state index in [2.05, 4.69) is 0 Å². The van der Waals surface area contributed by atoms with Crippen molar-refractivity contribution >= 4 is 11.6 Å². The monoisotopic (exact) mass is 238 g/mol. The van der Waals surface area contributed by atoms with Crippen molar-refractivity contribution in [3.8, 4) is 5.75 Å². The molecule has 2 aliphatic carbocycles. The van der Waals surface area contributed by atoms with E-state index in [0.29, 0.717) is 5.02 Å². The zero-order valence-corrected chi connectivity index (χ0v) is 9.85. The molecule has 2 nitrogen and oxygen atoms in total. The summed E-state index contributed by atoms with van der Waals surface area (Å²) < 4.78 is 0. The lowest BCUT2D eigenvalue weighted by atomic mass is 9.85. The van der Waals surface area contributed by atoms with Crippen LogP contribution in [-0.4, -0.2) is 10.2 Å². The molecule has 0 aliphatic heterocycles. The number of benzene rings is 1. The van der Waals surface area contributed by atoms with Gasteiger partial charge in [0.05, 0.1) is 10.6 Å². The Morgan fingerprint density at radius 2 is 1.88 bits per heavy atom. The van der Waals surface area contributed by atoms with Crippen LogP contribution in [0, 0.1) is 0 Å². The first-order valence-electron chi connectivity index (χ1n) is 5.88. The van der Waals surface area contributed by atoms with Crippen molar-refractivity contribution in [1.29, 1.82) is 0 Å². The predicted octanol–water partition coefficient (Wildman–Crippen LogP) is 2.91. The Bertz CT molecular complexity index is 450. The average Bonchev–Trinajstić information content (AvgIpc) is 2.99. The Hall–Kier alpha value is -0.730. The maximum Gasteiger partial charge on any atom is 0.140 e. The molecule has 1 fully saturated rings. The number of rotatable bonds is 1. The maximum absolute atomic E-state index is 10.2. The molecule has 0 radical (unpaired) electrons. The van der Waals surface area contributed by atoms with Crippen LogP contribution in [-0.2, 0) is 18.4 Å². The van der Waals surface area contributed by atoms with Crippen LogP contribution in [0.1, 0.15) is 42.4 Å². The molecule has 0 atom stereocenters. The summed E-state index contributed by atoms with van der Waals surface area (Å²) in [6.45, 7) is 0. The molecule has 0 amide bonds. The Balaban J connectivity index is 2.23. The number of aliphatic hydroxyl groups is 1. The van der Waals surface area contributed by atoms with Gasteiger partial charge in [0.25, 0.3) is 0 Å². The Morgan fingerprint density at radius 1 is 1.19 bits per heavy atom. The topological polar surface area (TPSA) is 40.5 Å². The Kier molecular flexibility index (Phi) is 2.20. The molecule has 2 N–H and O–H groups in total. The Labute approximate surface area is 99.9 Å². The standard InChI is InChI=1S/C13H15ClO2/c14-10-7-8-3-1-2-4-9(8)11(12(10)15)13(16)5-6-13/h7,15-16H,1-6H2. The van der Waals surface area contributed by atoms with Crippen LogP contribution in [0.25, 0.3) is 0 Å². The number of phenolic OH excluding ortho intramolecular Hbond substituents is 1. The van der Waals surface area contributed by atoms with Crippen LogP contribution in [0.2, 0.25) is 5.02 Å². The van der Waals surface area contributed by atoms with E-state index in [4.69, 9.17) is 11.6 Å². The highest BCUT2D eigenvalue weighted by atomic mass is 35.5. The molecule has 0 saturated heterocycles. The molecule has 1 aromatic carbocycles. The second kappa shape index (κ2) is 3.38. The molecule has 86 valence electrons. The van der Waals surface area contributed by atoms with E-state index >= 15 is 0 Å². The van der Waals surface area contributed by atoms with E-state index in [1.807, 2.05) is 6.07 Å². The third kappa shape index (κ3) is 1.44. The van der Waals surface area contributed by atoms with Crippen LogP contribution in [0.4, 0.5) is 0 Å². The zero-order chi connectivity index (χ0) is 11.3. The SMILES string of the molecule is Oc1c(Cl)cc2c(c1C1(O)CC1)CCCC2. The van der Waals surface area contributed by atoms with Gasteiger partial charge in [-0.15, -0.1) is 0 Å². The normalized spacial score (nSPS) is 21.6. The molecule has 0 heterocycles. The summed E-state index contributed by atoms with van der Waals surface area (Å²) in [5.74, 6) is 0.0994. The minimum absolute atomic E-state index is 0.0994.